The first-order valence-electron chi connectivity index (χ1n) is 6.17. The molecule has 0 heterocycles. The van der Waals surface area contributed by atoms with Crippen LogP contribution in [0.15, 0.2) is 24.3 Å². The van der Waals surface area contributed by atoms with Gasteiger partial charge in [0, 0.05) is 24.0 Å². The molecule has 0 aliphatic heterocycles. The zero-order valence-corrected chi connectivity index (χ0v) is 12.1. The highest BCUT2D eigenvalue weighted by atomic mass is 35.5. The van der Waals surface area contributed by atoms with Crippen LogP contribution in [-0.4, -0.2) is 12.4 Å². The molecule has 96 valence electrons. The van der Waals surface area contributed by atoms with Crippen LogP contribution in [0.3, 0.4) is 0 Å². The van der Waals surface area contributed by atoms with E-state index in [2.05, 4.69) is 31.3 Å². The van der Waals surface area contributed by atoms with E-state index < -0.39 is 0 Å². The zero-order chi connectivity index (χ0) is 12.7. The van der Waals surface area contributed by atoms with E-state index in [1.165, 1.54) is 5.56 Å². The summed E-state index contributed by atoms with van der Waals surface area (Å²) in [5.41, 5.74) is 1.48. The van der Waals surface area contributed by atoms with Gasteiger partial charge in [0.25, 0.3) is 0 Å². The van der Waals surface area contributed by atoms with E-state index in [-0.39, 0.29) is 5.41 Å². The quantitative estimate of drug-likeness (QED) is 0.723. The van der Waals surface area contributed by atoms with E-state index in [1.54, 1.807) is 0 Å². The van der Waals surface area contributed by atoms with Crippen LogP contribution in [-0.2, 0) is 6.54 Å². The van der Waals surface area contributed by atoms with E-state index >= 15 is 0 Å². The maximum atomic E-state index is 6.07. The Bertz CT molecular complexity index is 309. The molecule has 17 heavy (non-hydrogen) atoms. The third kappa shape index (κ3) is 4.50. The molecule has 1 N–H and O–H groups in total. The molecule has 0 saturated heterocycles. The van der Waals surface area contributed by atoms with E-state index in [0.29, 0.717) is 5.88 Å². The third-order valence-electron chi connectivity index (χ3n) is 3.53. The van der Waals surface area contributed by atoms with Crippen LogP contribution in [0.1, 0.15) is 32.3 Å². The fourth-order valence-corrected chi connectivity index (χ4v) is 2.41. The summed E-state index contributed by atoms with van der Waals surface area (Å²) in [6.07, 6.45) is 2.22. The normalized spacial score (nSPS) is 11.8. The number of rotatable bonds is 7. The van der Waals surface area contributed by atoms with Gasteiger partial charge < -0.3 is 5.32 Å². The number of benzene rings is 1. The van der Waals surface area contributed by atoms with Crippen LogP contribution in [0.25, 0.3) is 0 Å². The van der Waals surface area contributed by atoms with E-state index in [0.717, 1.165) is 31.0 Å². The van der Waals surface area contributed by atoms with Gasteiger partial charge >= 0.3 is 0 Å². The molecule has 0 aliphatic carbocycles. The van der Waals surface area contributed by atoms with Gasteiger partial charge in [-0.15, -0.1) is 11.6 Å². The van der Waals surface area contributed by atoms with Gasteiger partial charge in [-0.2, -0.15) is 0 Å². The molecule has 1 aromatic rings. The molecule has 1 rings (SSSR count). The summed E-state index contributed by atoms with van der Waals surface area (Å²) in [5.74, 6) is 0.716. The molecular formula is C14H21Cl2N. The lowest BCUT2D eigenvalue weighted by Gasteiger charge is -2.29. The topological polar surface area (TPSA) is 12.0 Å². The Balaban J connectivity index is 2.43. The summed E-state index contributed by atoms with van der Waals surface area (Å²) in [6, 6.07) is 7.95. The van der Waals surface area contributed by atoms with Crippen LogP contribution in [0.5, 0.6) is 0 Å². The lowest BCUT2D eigenvalue weighted by atomic mass is 9.84. The Morgan fingerprint density at radius 2 is 1.71 bits per heavy atom. The van der Waals surface area contributed by atoms with Gasteiger partial charge in [0.2, 0.25) is 0 Å². The van der Waals surface area contributed by atoms with Gasteiger partial charge in [-0.25, -0.2) is 0 Å². The average molecular weight is 274 g/mol. The first kappa shape index (κ1) is 14.8. The molecular weight excluding hydrogens is 253 g/mol. The Kier molecular flexibility index (Phi) is 6.32. The highest BCUT2D eigenvalue weighted by Crippen LogP contribution is 2.27. The molecule has 0 atom stereocenters. The van der Waals surface area contributed by atoms with Crippen molar-refractivity contribution in [3.63, 3.8) is 0 Å². The molecule has 3 heteroatoms. The molecule has 0 spiro atoms. The summed E-state index contributed by atoms with van der Waals surface area (Å²) in [4.78, 5) is 0. The van der Waals surface area contributed by atoms with Gasteiger partial charge in [0.15, 0.2) is 0 Å². The van der Waals surface area contributed by atoms with Gasteiger partial charge in [0.05, 0.1) is 0 Å². The average Bonchev–Trinajstić information content (AvgIpc) is 2.38. The number of halogens is 2. The van der Waals surface area contributed by atoms with Crippen LogP contribution in [0.4, 0.5) is 0 Å². The predicted octanol–water partition coefficient (Wildman–Crippen LogP) is 4.47. The molecule has 0 fully saturated rings. The Morgan fingerprint density at radius 1 is 1.12 bits per heavy atom. The molecule has 0 aliphatic rings. The summed E-state index contributed by atoms with van der Waals surface area (Å²) in [7, 11) is 0. The molecule has 0 amide bonds. The van der Waals surface area contributed by atoms with Crippen molar-refractivity contribution in [2.45, 2.75) is 33.2 Å². The third-order valence-corrected chi connectivity index (χ3v) is 4.34. The molecule has 0 bridgehead atoms. The zero-order valence-electron chi connectivity index (χ0n) is 10.6. The van der Waals surface area contributed by atoms with Crippen LogP contribution in [0.2, 0.25) is 5.02 Å². The summed E-state index contributed by atoms with van der Waals surface area (Å²) < 4.78 is 0. The van der Waals surface area contributed by atoms with E-state index in [4.69, 9.17) is 23.2 Å². The minimum Gasteiger partial charge on any atom is -0.312 e. The molecule has 0 saturated carbocycles. The Morgan fingerprint density at radius 3 is 2.18 bits per heavy atom. The Labute approximate surface area is 115 Å². The maximum Gasteiger partial charge on any atom is 0.0406 e. The smallest absolute Gasteiger partial charge is 0.0406 e. The number of hydrogen-bond donors (Lipinski definition) is 1. The lowest BCUT2D eigenvalue weighted by Crippen LogP contribution is -2.34. The molecule has 0 aromatic heterocycles. The fourth-order valence-electron chi connectivity index (χ4n) is 1.81. The van der Waals surface area contributed by atoms with E-state index in [1.807, 2.05) is 12.1 Å². The van der Waals surface area contributed by atoms with Gasteiger partial charge in [-0.05, 0) is 36.0 Å². The monoisotopic (exact) mass is 273 g/mol. The van der Waals surface area contributed by atoms with Crippen molar-refractivity contribution in [1.29, 1.82) is 0 Å². The standard InChI is InChI=1S/C14H21Cl2N/c1-3-14(4-2,10-15)11-17-9-12-5-7-13(16)8-6-12/h5-8,17H,3-4,9-11H2,1-2H3. The maximum absolute atomic E-state index is 6.07. The van der Waals surface area contributed by atoms with Crippen molar-refractivity contribution in [1.82, 2.24) is 5.32 Å². The first-order valence-corrected chi connectivity index (χ1v) is 7.08. The molecule has 1 aromatic carbocycles. The van der Waals surface area contributed by atoms with E-state index in [9.17, 15) is 0 Å². The van der Waals surface area contributed by atoms with Crippen LogP contribution >= 0.6 is 23.2 Å². The fraction of sp³-hybridized carbons (Fsp3) is 0.571. The number of nitrogens with one attached hydrogen (secondary N) is 1. The summed E-state index contributed by atoms with van der Waals surface area (Å²) in [5, 5.41) is 4.27. The van der Waals surface area contributed by atoms with Crippen LogP contribution < -0.4 is 5.32 Å². The van der Waals surface area contributed by atoms with Crippen molar-refractivity contribution in [2.24, 2.45) is 5.41 Å². The van der Waals surface area contributed by atoms with Crippen molar-refractivity contribution >= 4 is 23.2 Å². The second-order valence-electron chi connectivity index (χ2n) is 4.57. The van der Waals surface area contributed by atoms with Crippen molar-refractivity contribution in [3.05, 3.63) is 34.9 Å². The number of hydrogen-bond acceptors (Lipinski definition) is 1. The van der Waals surface area contributed by atoms with Gasteiger partial charge in [0.1, 0.15) is 0 Å². The lowest BCUT2D eigenvalue weighted by molar-refractivity contribution is 0.286. The SMILES string of the molecule is CCC(CC)(CCl)CNCc1ccc(Cl)cc1. The second kappa shape index (κ2) is 7.25. The predicted molar refractivity (Wildman–Crippen MR) is 76.9 cm³/mol. The summed E-state index contributed by atoms with van der Waals surface area (Å²) in [6.45, 7) is 6.24. The molecule has 0 unspecified atom stereocenters. The first-order chi connectivity index (χ1) is 8.15. The second-order valence-corrected chi connectivity index (χ2v) is 5.27. The summed E-state index contributed by atoms with van der Waals surface area (Å²) >= 11 is 11.9. The minimum atomic E-state index is 0.230. The van der Waals surface area contributed by atoms with Crippen molar-refractivity contribution in [3.8, 4) is 0 Å². The highest BCUT2D eigenvalue weighted by molar-refractivity contribution is 6.30. The number of alkyl halides is 1. The van der Waals surface area contributed by atoms with Crippen molar-refractivity contribution < 1.29 is 0 Å². The highest BCUT2D eigenvalue weighted by Gasteiger charge is 2.24. The largest absolute Gasteiger partial charge is 0.312 e. The van der Waals surface area contributed by atoms with Crippen molar-refractivity contribution in [2.75, 3.05) is 12.4 Å². The van der Waals surface area contributed by atoms with Crippen LogP contribution in [0, 0.1) is 5.41 Å². The van der Waals surface area contributed by atoms with Gasteiger partial charge in [-0.3, -0.25) is 0 Å². The van der Waals surface area contributed by atoms with Gasteiger partial charge in [-0.1, -0.05) is 37.6 Å². The molecule has 1 nitrogen and oxygen atoms in total. The Hall–Kier alpha value is -0.240. The molecule has 0 radical (unpaired) electrons. The minimum absolute atomic E-state index is 0.230.